The third-order valence-corrected chi connectivity index (χ3v) is 4.93. The molecule has 3 rings (SSSR count). The minimum Gasteiger partial charge on any atom is -0.354 e. The van der Waals surface area contributed by atoms with Gasteiger partial charge in [0.1, 0.15) is 0 Å². The lowest BCUT2D eigenvalue weighted by molar-refractivity contribution is 0.748. The molecule has 2 aromatic carbocycles. The van der Waals surface area contributed by atoms with Crippen LogP contribution in [0.3, 0.4) is 0 Å². The summed E-state index contributed by atoms with van der Waals surface area (Å²) in [5, 5.41) is 2.99. The molecule has 3 aromatic rings. The maximum Gasteiger partial charge on any atom is 0.0599 e. The molecule has 0 fully saturated rings. The molecule has 128 valence electrons. The highest BCUT2D eigenvalue weighted by molar-refractivity contribution is 6.42. The normalized spacial score (nSPS) is 10.8. The quantitative estimate of drug-likeness (QED) is 0.469. The number of fused-ring (bicyclic) bond motifs is 1. The summed E-state index contributed by atoms with van der Waals surface area (Å²) in [6.45, 7) is 0.700. The molecule has 0 spiro atoms. The number of aryl methyl sites for hydroxylation is 1. The van der Waals surface area contributed by atoms with Crippen LogP contribution in [0.1, 0.15) is 18.4 Å². The summed E-state index contributed by atoms with van der Waals surface area (Å²) in [4.78, 5) is 3.49. The van der Waals surface area contributed by atoms with Gasteiger partial charge in [0.25, 0.3) is 0 Å². The van der Waals surface area contributed by atoms with Crippen molar-refractivity contribution in [3.05, 3.63) is 57.0 Å². The first-order valence-corrected chi connectivity index (χ1v) is 8.69. The zero-order chi connectivity index (χ0) is 16.4. The maximum atomic E-state index is 6.18. The molecule has 0 aliphatic carbocycles. The molecule has 0 aliphatic heterocycles. The van der Waals surface area contributed by atoms with Crippen molar-refractivity contribution in [2.75, 3.05) is 6.54 Å². The standard InChI is InChI=1S/C18H17Cl3N2.ClH/c19-12-5-7-17-14(10-12)13(3-1-2-8-22)18(23-17)11-4-6-15(20)16(21)9-11;/h4-7,9-10,23H,1-3,8,22H2;1H. The van der Waals surface area contributed by atoms with E-state index in [0.29, 0.717) is 16.6 Å². The number of hydrogen-bond donors (Lipinski definition) is 2. The van der Waals surface area contributed by atoms with E-state index in [9.17, 15) is 0 Å². The highest BCUT2D eigenvalue weighted by Gasteiger charge is 2.14. The molecule has 1 aromatic heterocycles. The van der Waals surface area contributed by atoms with Gasteiger partial charge in [-0.15, -0.1) is 12.4 Å². The van der Waals surface area contributed by atoms with Crippen LogP contribution in [0.25, 0.3) is 22.2 Å². The Morgan fingerprint density at radius 1 is 0.917 bits per heavy atom. The largest absolute Gasteiger partial charge is 0.354 e. The third kappa shape index (κ3) is 4.01. The van der Waals surface area contributed by atoms with E-state index in [1.165, 1.54) is 5.56 Å². The van der Waals surface area contributed by atoms with Crippen LogP contribution < -0.4 is 5.73 Å². The van der Waals surface area contributed by atoms with Crippen LogP contribution in [-0.2, 0) is 6.42 Å². The molecule has 0 radical (unpaired) electrons. The van der Waals surface area contributed by atoms with Crippen molar-refractivity contribution in [1.29, 1.82) is 0 Å². The summed E-state index contributed by atoms with van der Waals surface area (Å²) in [6, 6.07) is 11.6. The number of hydrogen-bond acceptors (Lipinski definition) is 1. The van der Waals surface area contributed by atoms with Gasteiger partial charge in [0, 0.05) is 21.6 Å². The topological polar surface area (TPSA) is 41.8 Å². The lowest BCUT2D eigenvalue weighted by Crippen LogP contribution is -1.99. The van der Waals surface area contributed by atoms with Gasteiger partial charge in [0.2, 0.25) is 0 Å². The monoisotopic (exact) mass is 402 g/mol. The second-order valence-electron chi connectivity index (χ2n) is 5.54. The van der Waals surface area contributed by atoms with Gasteiger partial charge in [-0.05, 0) is 67.3 Å². The Morgan fingerprint density at radius 2 is 1.71 bits per heavy atom. The summed E-state index contributed by atoms with van der Waals surface area (Å²) < 4.78 is 0. The predicted octanol–water partition coefficient (Wildman–Crippen LogP) is 6.50. The summed E-state index contributed by atoms with van der Waals surface area (Å²) in [7, 11) is 0. The number of nitrogens with one attached hydrogen (secondary N) is 1. The number of rotatable bonds is 5. The van der Waals surface area contributed by atoms with Gasteiger partial charge in [-0.3, -0.25) is 0 Å². The zero-order valence-corrected chi connectivity index (χ0v) is 16.0. The number of nitrogens with two attached hydrogens (primary N) is 1. The van der Waals surface area contributed by atoms with Crippen LogP contribution >= 0.6 is 47.2 Å². The highest BCUT2D eigenvalue weighted by Crippen LogP contribution is 2.35. The Balaban J connectivity index is 0.00000208. The first-order valence-electron chi connectivity index (χ1n) is 7.55. The fourth-order valence-corrected chi connectivity index (χ4v) is 3.29. The molecule has 0 bridgehead atoms. The first kappa shape index (κ1) is 19.4. The molecule has 6 heteroatoms. The Labute approximate surface area is 162 Å². The average molecular weight is 404 g/mol. The number of unbranched alkanes of at least 4 members (excludes halogenated alkanes) is 1. The van der Waals surface area contributed by atoms with Crippen LogP contribution in [-0.4, -0.2) is 11.5 Å². The minimum atomic E-state index is 0. The van der Waals surface area contributed by atoms with Gasteiger partial charge in [0.15, 0.2) is 0 Å². The van der Waals surface area contributed by atoms with Gasteiger partial charge < -0.3 is 10.7 Å². The average Bonchev–Trinajstić information content (AvgIpc) is 2.88. The molecule has 3 N–H and O–H groups in total. The summed E-state index contributed by atoms with van der Waals surface area (Å²) in [5.74, 6) is 0. The lowest BCUT2D eigenvalue weighted by atomic mass is 10.0. The Bertz CT molecular complexity index is 842. The molecule has 0 saturated carbocycles. The van der Waals surface area contributed by atoms with Gasteiger partial charge in [-0.2, -0.15) is 0 Å². The van der Waals surface area contributed by atoms with Crippen LogP contribution in [0, 0.1) is 0 Å². The zero-order valence-electron chi connectivity index (χ0n) is 12.9. The molecule has 0 amide bonds. The number of aromatic amines is 1. The number of H-pyrrole nitrogens is 1. The Kier molecular flexibility index (Phi) is 6.85. The molecule has 0 atom stereocenters. The summed E-state index contributed by atoms with van der Waals surface area (Å²) >= 11 is 18.4. The van der Waals surface area contributed by atoms with Crippen LogP contribution in [0.5, 0.6) is 0 Å². The van der Waals surface area contributed by atoms with Crippen molar-refractivity contribution in [2.24, 2.45) is 5.73 Å². The van der Waals surface area contributed by atoms with Crippen molar-refractivity contribution >= 4 is 58.1 Å². The smallest absolute Gasteiger partial charge is 0.0599 e. The van der Waals surface area contributed by atoms with Crippen LogP contribution in [0.2, 0.25) is 15.1 Å². The number of aromatic nitrogens is 1. The summed E-state index contributed by atoms with van der Waals surface area (Å²) in [6.07, 6.45) is 2.96. The van der Waals surface area contributed by atoms with Crippen LogP contribution in [0.4, 0.5) is 0 Å². The molecule has 2 nitrogen and oxygen atoms in total. The number of benzene rings is 2. The van der Waals surface area contributed by atoms with E-state index in [-0.39, 0.29) is 12.4 Å². The van der Waals surface area contributed by atoms with E-state index < -0.39 is 0 Å². The van der Waals surface area contributed by atoms with Crippen LogP contribution in [0.15, 0.2) is 36.4 Å². The molecule has 0 aliphatic rings. The predicted molar refractivity (Wildman–Crippen MR) is 108 cm³/mol. The maximum absolute atomic E-state index is 6.18. The minimum absolute atomic E-state index is 0. The fourth-order valence-electron chi connectivity index (χ4n) is 2.82. The molecule has 1 heterocycles. The molecule has 24 heavy (non-hydrogen) atoms. The Hall–Kier alpha value is -0.900. The SMILES string of the molecule is Cl.NCCCCc1c(-c2ccc(Cl)c(Cl)c2)[nH]c2ccc(Cl)cc12. The molecule has 0 saturated heterocycles. The van der Waals surface area contributed by atoms with E-state index in [0.717, 1.165) is 46.4 Å². The van der Waals surface area contributed by atoms with E-state index in [2.05, 4.69) is 4.98 Å². The van der Waals surface area contributed by atoms with Gasteiger partial charge in [-0.1, -0.05) is 40.9 Å². The molecular formula is C18H18Cl4N2. The van der Waals surface area contributed by atoms with Crippen molar-refractivity contribution in [3.8, 4) is 11.3 Å². The van der Waals surface area contributed by atoms with E-state index in [1.807, 2.05) is 36.4 Å². The van der Waals surface area contributed by atoms with E-state index >= 15 is 0 Å². The number of halogens is 4. The summed E-state index contributed by atoms with van der Waals surface area (Å²) in [5.41, 5.74) is 10.0. The van der Waals surface area contributed by atoms with Crippen molar-refractivity contribution < 1.29 is 0 Å². The molecular weight excluding hydrogens is 386 g/mol. The third-order valence-electron chi connectivity index (χ3n) is 3.96. The first-order chi connectivity index (χ1) is 11.1. The fraction of sp³-hybridized carbons (Fsp3) is 0.222. The second kappa shape index (κ2) is 8.46. The Morgan fingerprint density at radius 3 is 2.42 bits per heavy atom. The van der Waals surface area contributed by atoms with Crippen molar-refractivity contribution in [1.82, 2.24) is 4.98 Å². The molecule has 0 unspecified atom stereocenters. The highest BCUT2D eigenvalue weighted by atomic mass is 35.5. The second-order valence-corrected chi connectivity index (χ2v) is 6.79. The van der Waals surface area contributed by atoms with Gasteiger partial charge in [0.05, 0.1) is 10.0 Å². The van der Waals surface area contributed by atoms with E-state index in [1.54, 1.807) is 0 Å². The van der Waals surface area contributed by atoms with Gasteiger partial charge >= 0.3 is 0 Å². The van der Waals surface area contributed by atoms with Crippen molar-refractivity contribution in [3.63, 3.8) is 0 Å². The van der Waals surface area contributed by atoms with Gasteiger partial charge in [-0.25, -0.2) is 0 Å². The van der Waals surface area contributed by atoms with Crippen molar-refractivity contribution in [2.45, 2.75) is 19.3 Å². The lowest BCUT2D eigenvalue weighted by Gasteiger charge is -2.06. The van der Waals surface area contributed by atoms with E-state index in [4.69, 9.17) is 40.5 Å².